The Morgan fingerprint density at radius 2 is 2.11 bits per heavy atom. The molecule has 0 saturated carbocycles. The SMILES string of the molecule is O=C(CN1CCSCC1)c1cccc([N+](=O)[O-])c1. The van der Waals surface area contributed by atoms with E-state index in [9.17, 15) is 14.9 Å². The number of thioether (sulfide) groups is 1. The average molecular weight is 266 g/mol. The zero-order valence-corrected chi connectivity index (χ0v) is 10.7. The van der Waals surface area contributed by atoms with Gasteiger partial charge in [0.05, 0.1) is 11.5 Å². The average Bonchev–Trinajstić information content (AvgIpc) is 2.40. The monoisotopic (exact) mass is 266 g/mol. The molecule has 6 heteroatoms. The molecule has 2 rings (SSSR count). The minimum Gasteiger partial charge on any atom is -0.294 e. The van der Waals surface area contributed by atoms with Crippen LogP contribution in [0, 0.1) is 10.1 Å². The van der Waals surface area contributed by atoms with Crippen LogP contribution in [-0.4, -0.2) is 46.7 Å². The molecule has 0 unspecified atom stereocenters. The molecule has 1 aliphatic rings. The molecule has 0 bridgehead atoms. The molecule has 0 spiro atoms. The van der Waals surface area contributed by atoms with Crippen LogP contribution in [0.3, 0.4) is 0 Å². The van der Waals surface area contributed by atoms with Crippen molar-refractivity contribution in [1.29, 1.82) is 0 Å². The summed E-state index contributed by atoms with van der Waals surface area (Å²) in [6, 6.07) is 5.93. The Kier molecular flexibility index (Phi) is 4.33. The number of nitro groups is 1. The smallest absolute Gasteiger partial charge is 0.270 e. The summed E-state index contributed by atoms with van der Waals surface area (Å²) in [6.07, 6.45) is 0. The highest BCUT2D eigenvalue weighted by atomic mass is 32.2. The fourth-order valence-corrected chi connectivity index (χ4v) is 2.83. The molecule has 0 N–H and O–H groups in total. The predicted octanol–water partition coefficient (Wildman–Crippen LogP) is 1.83. The van der Waals surface area contributed by atoms with Crippen LogP contribution in [-0.2, 0) is 0 Å². The van der Waals surface area contributed by atoms with E-state index >= 15 is 0 Å². The number of Topliss-reactive ketones (excluding diaryl/α,β-unsaturated/α-hetero) is 1. The van der Waals surface area contributed by atoms with Gasteiger partial charge in [0.25, 0.3) is 5.69 Å². The summed E-state index contributed by atoms with van der Waals surface area (Å²) in [5.74, 6) is 2.04. The quantitative estimate of drug-likeness (QED) is 0.472. The molecule has 1 aliphatic heterocycles. The number of benzene rings is 1. The van der Waals surface area contributed by atoms with E-state index in [1.165, 1.54) is 12.1 Å². The van der Waals surface area contributed by atoms with Crippen LogP contribution in [0.25, 0.3) is 0 Å². The zero-order chi connectivity index (χ0) is 13.0. The number of nitrogens with zero attached hydrogens (tertiary/aromatic N) is 2. The van der Waals surface area contributed by atoms with Gasteiger partial charge in [0, 0.05) is 42.3 Å². The first kappa shape index (κ1) is 13.0. The molecule has 1 aromatic carbocycles. The van der Waals surface area contributed by atoms with Crippen molar-refractivity contribution >= 4 is 23.2 Å². The van der Waals surface area contributed by atoms with Gasteiger partial charge in [-0.25, -0.2) is 0 Å². The topological polar surface area (TPSA) is 63.5 Å². The highest BCUT2D eigenvalue weighted by Crippen LogP contribution is 2.15. The van der Waals surface area contributed by atoms with Gasteiger partial charge in [-0.2, -0.15) is 11.8 Å². The van der Waals surface area contributed by atoms with Crippen molar-refractivity contribution in [3.05, 3.63) is 39.9 Å². The van der Waals surface area contributed by atoms with Crippen molar-refractivity contribution in [2.24, 2.45) is 0 Å². The number of hydrogen-bond acceptors (Lipinski definition) is 5. The van der Waals surface area contributed by atoms with Gasteiger partial charge in [0.15, 0.2) is 5.78 Å². The first-order chi connectivity index (χ1) is 8.66. The van der Waals surface area contributed by atoms with Crippen LogP contribution in [0.5, 0.6) is 0 Å². The standard InChI is InChI=1S/C12H14N2O3S/c15-12(9-13-4-6-18-7-5-13)10-2-1-3-11(8-10)14(16)17/h1-3,8H,4-7,9H2. The molecule has 0 radical (unpaired) electrons. The lowest BCUT2D eigenvalue weighted by atomic mass is 10.1. The minimum absolute atomic E-state index is 0.0324. The molecule has 1 saturated heterocycles. The maximum absolute atomic E-state index is 12.0. The van der Waals surface area contributed by atoms with E-state index in [0.29, 0.717) is 12.1 Å². The van der Waals surface area contributed by atoms with Gasteiger partial charge in [-0.15, -0.1) is 0 Å². The summed E-state index contributed by atoms with van der Waals surface area (Å²) in [5.41, 5.74) is 0.387. The lowest BCUT2D eigenvalue weighted by Crippen LogP contribution is -2.36. The number of ketones is 1. The second kappa shape index (κ2) is 5.97. The van der Waals surface area contributed by atoms with E-state index in [1.807, 2.05) is 11.8 Å². The van der Waals surface area contributed by atoms with Crippen LogP contribution in [0.2, 0.25) is 0 Å². The molecule has 1 fully saturated rings. The molecule has 5 nitrogen and oxygen atoms in total. The Bertz CT molecular complexity index is 458. The number of nitro benzene ring substituents is 1. The van der Waals surface area contributed by atoms with Crippen molar-refractivity contribution in [1.82, 2.24) is 4.90 Å². The molecular formula is C12H14N2O3S. The van der Waals surface area contributed by atoms with E-state index in [1.54, 1.807) is 12.1 Å². The largest absolute Gasteiger partial charge is 0.294 e. The predicted molar refractivity (Wildman–Crippen MR) is 71.2 cm³/mol. The first-order valence-electron chi connectivity index (χ1n) is 5.74. The molecular weight excluding hydrogens is 252 g/mol. The van der Waals surface area contributed by atoms with Crippen molar-refractivity contribution < 1.29 is 9.72 Å². The van der Waals surface area contributed by atoms with Gasteiger partial charge in [0.1, 0.15) is 0 Å². The second-order valence-corrected chi connectivity index (χ2v) is 5.34. The maximum atomic E-state index is 12.0. The fourth-order valence-electron chi connectivity index (χ4n) is 1.85. The van der Waals surface area contributed by atoms with E-state index in [2.05, 4.69) is 4.90 Å². The second-order valence-electron chi connectivity index (χ2n) is 4.12. The summed E-state index contributed by atoms with van der Waals surface area (Å²) >= 11 is 1.89. The van der Waals surface area contributed by atoms with Gasteiger partial charge in [-0.1, -0.05) is 12.1 Å². The van der Waals surface area contributed by atoms with E-state index in [4.69, 9.17) is 0 Å². The lowest BCUT2D eigenvalue weighted by molar-refractivity contribution is -0.384. The lowest BCUT2D eigenvalue weighted by Gasteiger charge is -2.25. The molecule has 0 atom stereocenters. The Hall–Kier alpha value is -1.40. The Labute approximate surface area is 109 Å². The number of carbonyl (C=O) groups excluding carboxylic acids is 1. The molecule has 1 heterocycles. The third kappa shape index (κ3) is 3.30. The van der Waals surface area contributed by atoms with Crippen LogP contribution >= 0.6 is 11.8 Å². The van der Waals surface area contributed by atoms with E-state index in [0.717, 1.165) is 24.6 Å². The van der Waals surface area contributed by atoms with Gasteiger partial charge in [-0.05, 0) is 0 Å². The van der Waals surface area contributed by atoms with Crippen molar-refractivity contribution in [3.8, 4) is 0 Å². The van der Waals surface area contributed by atoms with Crippen LogP contribution in [0.1, 0.15) is 10.4 Å². The Morgan fingerprint density at radius 1 is 1.39 bits per heavy atom. The molecule has 18 heavy (non-hydrogen) atoms. The summed E-state index contributed by atoms with van der Waals surface area (Å²) in [6.45, 7) is 2.17. The first-order valence-corrected chi connectivity index (χ1v) is 6.90. The van der Waals surface area contributed by atoms with Crippen LogP contribution < -0.4 is 0 Å². The Balaban J connectivity index is 2.03. The summed E-state index contributed by atoms with van der Waals surface area (Å²) in [4.78, 5) is 24.3. The van der Waals surface area contributed by atoms with Crippen LogP contribution in [0.15, 0.2) is 24.3 Å². The van der Waals surface area contributed by atoms with Gasteiger partial charge in [-0.3, -0.25) is 19.8 Å². The summed E-state index contributed by atoms with van der Waals surface area (Å²) < 4.78 is 0. The molecule has 0 aromatic heterocycles. The molecule has 96 valence electrons. The number of non-ortho nitro benzene ring substituents is 1. The zero-order valence-electron chi connectivity index (χ0n) is 9.87. The summed E-state index contributed by atoms with van der Waals surface area (Å²) in [7, 11) is 0. The van der Waals surface area contributed by atoms with Crippen LogP contribution in [0.4, 0.5) is 5.69 Å². The molecule has 1 aromatic rings. The van der Waals surface area contributed by atoms with Crippen molar-refractivity contribution in [2.45, 2.75) is 0 Å². The number of hydrogen-bond donors (Lipinski definition) is 0. The third-order valence-electron chi connectivity index (χ3n) is 2.85. The van der Waals surface area contributed by atoms with Crippen molar-refractivity contribution in [3.63, 3.8) is 0 Å². The molecule has 0 amide bonds. The maximum Gasteiger partial charge on any atom is 0.270 e. The highest BCUT2D eigenvalue weighted by Gasteiger charge is 2.17. The van der Waals surface area contributed by atoms with Gasteiger partial charge < -0.3 is 0 Å². The van der Waals surface area contributed by atoms with E-state index in [-0.39, 0.29) is 11.5 Å². The third-order valence-corrected chi connectivity index (χ3v) is 3.79. The number of carbonyl (C=O) groups is 1. The molecule has 0 aliphatic carbocycles. The normalized spacial score (nSPS) is 16.4. The van der Waals surface area contributed by atoms with Crippen molar-refractivity contribution in [2.75, 3.05) is 31.1 Å². The fraction of sp³-hybridized carbons (Fsp3) is 0.417. The van der Waals surface area contributed by atoms with Gasteiger partial charge in [0.2, 0.25) is 0 Å². The van der Waals surface area contributed by atoms with E-state index < -0.39 is 4.92 Å². The minimum atomic E-state index is -0.478. The Morgan fingerprint density at radius 3 is 2.78 bits per heavy atom. The van der Waals surface area contributed by atoms with Gasteiger partial charge >= 0.3 is 0 Å². The summed E-state index contributed by atoms with van der Waals surface area (Å²) in [5, 5.41) is 10.6. The number of rotatable bonds is 4. The highest BCUT2D eigenvalue weighted by molar-refractivity contribution is 7.99.